The molecule has 0 aromatic rings. The van der Waals surface area contributed by atoms with Gasteiger partial charge in [0.15, 0.2) is 0 Å². The molecule has 0 spiro atoms. The fraction of sp³-hybridized carbons (Fsp3) is 1.00. The summed E-state index contributed by atoms with van der Waals surface area (Å²) in [5.41, 5.74) is 3.85. The van der Waals surface area contributed by atoms with Crippen molar-refractivity contribution in [2.24, 2.45) is 17.6 Å². The fourth-order valence-corrected chi connectivity index (χ4v) is 3.48. The van der Waals surface area contributed by atoms with Crippen LogP contribution in [-0.4, -0.2) is 22.2 Å². The summed E-state index contributed by atoms with van der Waals surface area (Å²) in [5.74, 6) is -1.48. The van der Waals surface area contributed by atoms with E-state index in [0.29, 0.717) is 24.7 Å². The van der Waals surface area contributed by atoms with Crippen molar-refractivity contribution in [3.05, 3.63) is 0 Å². The number of rotatable bonds is 2. The maximum absolute atomic E-state index is 13.0. The highest BCUT2D eigenvalue weighted by molar-refractivity contribution is 5.15. The summed E-state index contributed by atoms with van der Waals surface area (Å²) >= 11 is 0. The summed E-state index contributed by atoms with van der Waals surface area (Å²) in [6.07, 6.45) is 2.23. The van der Waals surface area contributed by atoms with E-state index in [0.717, 1.165) is 12.8 Å². The lowest BCUT2D eigenvalue weighted by atomic mass is 9.58. The summed E-state index contributed by atoms with van der Waals surface area (Å²) in [6.45, 7) is 4.34. The van der Waals surface area contributed by atoms with Gasteiger partial charge in [0.1, 0.15) is 0 Å². The average Bonchev–Trinajstić information content (AvgIpc) is 2.15. The van der Waals surface area contributed by atoms with Gasteiger partial charge in [0, 0.05) is 12.8 Å². The number of hydrogen-bond acceptors (Lipinski definition) is 2. The molecule has 3 N–H and O–H groups in total. The fourth-order valence-electron chi connectivity index (χ4n) is 3.48. The zero-order chi connectivity index (χ0) is 12.9. The van der Waals surface area contributed by atoms with E-state index in [1.807, 2.05) is 0 Å². The Balaban J connectivity index is 1.99. The minimum Gasteiger partial charge on any atom is -0.388 e. The SMILES string of the molecule is CC(C)C1CCC(O)(C2(N)CC(F)(F)C2)CC1. The van der Waals surface area contributed by atoms with Gasteiger partial charge < -0.3 is 10.8 Å². The monoisotopic (exact) mass is 247 g/mol. The van der Waals surface area contributed by atoms with E-state index in [1.54, 1.807) is 0 Å². The van der Waals surface area contributed by atoms with Gasteiger partial charge in [-0.3, -0.25) is 0 Å². The van der Waals surface area contributed by atoms with Gasteiger partial charge in [-0.05, 0) is 37.5 Å². The predicted molar refractivity (Wildman–Crippen MR) is 62.8 cm³/mol. The van der Waals surface area contributed by atoms with Gasteiger partial charge in [-0.25, -0.2) is 8.78 Å². The first-order chi connectivity index (χ1) is 7.68. The molecule has 2 aliphatic rings. The Morgan fingerprint density at radius 2 is 1.65 bits per heavy atom. The second-order valence-corrected chi connectivity index (χ2v) is 6.48. The van der Waals surface area contributed by atoms with Gasteiger partial charge >= 0.3 is 0 Å². The number of aliphatic hydroxyl groups is 1. The van der Waals surface area contributed by atoms with E-state index in [-0.39, 0.29) is 12.8 Å². The normalized spacial score (nSPS) is 40.1. The van der Waals surface area contributed by atoms with E-state index >= 15 is 0 Å². The highest BCUT2D eigenvalue weighted by Gasteiger charge is 2.63. The van der Waals surface area contributed by atoms with Gasteiger partial charge in [0.2, 0.25) is 0 Å². The third kappa shape index (κ3) is 2.22. The van der Waals surface area contributed by atoms with Crippen LogP contribution >= 0.6 is 0 Å². The van der Waals surface area contributed by atoms with Crippen LogP contribution in [0.2, 0.25) is 0 Å². The van der Waals surface area contributed by atoms with Crippen LogP contribution in [0.5, 0.6) is 0 Å². The molecular weight excluding hydrogens is 224 g/mol. The summed E-state index contributed by atoms with van der Waals surface area (Å²) in [6, 6.07) is 0. The first-order valence-corrected chi connectivity index (χ1v) is 6.57. The molecule has 0 heterocycles. The molecule has 0 bridgehead atoms. The molecule has 100 valence electrons. The second kappa shape index (κ2) is 3.89. The highest BCUT2D eigenvalue weighted by atomic mass is 19.3. The summed E-state index contributed by atoms with van der Waals surface area (Å²) in [7, 11) is 0. The molecule has 2 rings (SSSR count). The Kier molecular flexibility index (Phi) is 3.02. The van der Waals surface area contributed by atoms with Crippen molar-refractivity contribution < 1.29 is 13.9 Å². The Hall–Kier alpha value is -0.220. The molecule has 17 heavy (non-hydrogen) atoms. The Labute approximate surface area is 102 Å². The number of nitrogens with two attached hydrogens (primary N) is 1. The summed E-state index contributed by atoms with van der Waals surface area (Å²) in [5, 5.41) is 10.5. The van der Waals surface area contributed by atoms with Crippen molar-refractivity contribution in [3.63, 3.8) is 0 Å². The molecule has 0 saturated heterocycles. The molecule has 0 radical (unpaired) electrons. The third-order valence-electron chi connectivity index (χ3n) is 4.88. The molecule has 0 amide bonds. The van der Waals surface area contributed by atoms with Crippen LogP contribution in [0.1, 0.15) is 52.4 Å². The minimum absolute atomic E-state index is 0.358. The van der Waals surface area contributed by atoms with Gasteiger partial charge in [0.05, 0.1) is 11.1 Å². The summed E-state index contributed by atoms with van der Waals surface area (Å²) < 4.78 is 25.9. The maximum Gasteiger partial charge on any atom is 0.251 e. The largest absolute Gasteiger partial charge is 0.388 e. The molecule has 2 nitrogen and oxygen atoms in total. The van der Waals surface area contributed by atoms with Crippen LogP contribution < -0.4 is 5.73 Å². The topological polar surface area (TPSA) is 46.2 Å². The van der Waals surface area contributed by atoms with E-state index in [2.05, 4.69) is 13.8 Å². The van der Waals surface area contributed by atoms with Gasteiger partial charge in [0.25, 0.3) is 5.92 Å². The highest BCUT2D eigenvalue weighted by Crippen LogP contribution is 2.54. The van der Waals surface area contributed by atoms with Crippen LogP contribution in [-0.2, 0) is 0 Å². The average molecular weight is 247 g/mol. The molecular formula is C13H23F2NO. The maximum atomic E-state index is 13.0. The standard InChI is InChI=1S/C13H23F2NO/c1-9(2)10-3-5-12(17,6-4-10)11(16)7-13(14,15)8-11/h9-10,17H,3-8,16H2,1-2H3. The van der Waals surface area contributed by atoms with Crippen LogP contribution in [0.15, 0.2) is 0 Å². The molecule has 2 saturated carbocycles. The first-order valence-electron chi connectivity index (χ1n) is 6.57. The molecule has 0 aliphatic heterocycles. The van der Waals surface area contributed by atoms with Gasteiger partial charge in [-0.15, -0.1) is 0 Å². The number of halogens is 2. The van der Waals surface area contributed by atoms with Crippen molar-refractivity contribution >= 4 is 0 Å². The lowest BCUT2D eigenvalue weighted by Crippen LogP contribution is -2.71. The van der Waals surface area contributed by atoms with E-state index < -0.39 is 17.1 Å². The molecule has 0 aromatic heterocycles. The molecule has 0 unspecified atom stereocenters. The lowest BCUT2D eigenvalue weighted by molar-refractivity contribution is -0.202. The van der Waals surface area contributed by atoms with Crippen molar-refractivity contribution in [3.8, 4) is 0 Å². The quantitative estimate of drug-likeness (QED) is 0.788. The third-order valence-corrected chi connectivity index (χ3v) is 4.88. The smallest absolute Gasteiger partial charge is 0.251 e. The zero-order valence-electron chi connectivity index (χ0n) is 10.7. The Morgan fingerprint density at radius 1 is 1.18 bits per heavy atom. The first kappa shape index (κ1) is 13.2. The van der Waals surface area contributed by atoms with Crippen LogP contribution in [0, 0.1) is 11.8 Å². The number of hydrogen-bond donors (Lipinski definition) is 2. The zero-order valence-corrected chi connectivity index (χ0v) is 10.7. The van der Waals surface area contributed by atoms with Crippen molar-refractivity contribution in [2.45, 2.75) is 69.4 Å². The lowest BCUT2D eigenvalue weighted by Gasteiger charge is -2.56. The summed E-state index contributed by atoms with van der Waals surface area (Å²) in [4.78, 5) is 0. The van der Waals surface area contributed by atoms with Crippen LogP contribution in [0.25, 0.3) is 0 Å². The van der Waals surface area contributed by atoms with Gasteiger partial charge in [-0.1, -0.05) is 13.8 Å². The predicted octanol–water partition coefficient (Wildman–Crippen LogP) is 2.69. The molecule has 0 atom stereocenters. The minimum atomic E-state index is -2.67. The second-order valence-electron chi connectivity index (χ2n) is 6.48. The van der Waals surface area contributed by atoms with Crippen LogP contribution in [0.3, 0.4) is 0 Å². The van der Waals surface area contributed by atoms with Crippen molar-refractivity contribution in [1.29, 1.82) is 0 Å². The molecule has 4 heteroatoms. The van der Waals surface area contributed by atoms with Gasteiger partial charge in [-0.2, -0.15) is 0 Å². The van der Waals surface area contributed by atoms with Crippen molar-refractivity contribution in [2.75, 3.05) is 0 Å². The Bertz CT molecular complexity index is 288. The van der Waals surface area contributed by atoms with Crippen molar-refractivity contribution in [1.82, 2.24) is 0 Å². The Morgan fingerprint density at radius 3 is 2.00 bits per heavy atom. The van der Waals surface area contributed by atoms with E-state index in [1.165, 1.54) is 0 Å². The van der Waals surface area contributed by atoms with Crippen LogP contribution in [0.4, 0.5) is 8.78 Å². The van der Waals surface area contributed by atoms with E-state index in [9.17, 15) is 13.9 Å². The molecule has 0 aromatic carbocycles. The van der Waals surface area contributed by atoms with E-state index in [4.69, 9.17) is 5.73 Å². The number of alkyl halides is 2. The molecule has 2 fully saturated rings. The molecule has 2 aliphatic carbocycles.